The number of amides is 1. The maximum Gasteiger partial charge on any atom is 0.340 e. The Morgan fingerprint density at radius 3 is 2.47 bits per heavy atom. The zero-order valence-corrected chi connectivity index (χ0v) is 21.5. The van der Waals surface area contributed by atoms with Gasteiger partial charge in [0.2, 0.25) is 15.9 Å². The number of ether oxygens (including phenoxy) is 1. The van der Waals surface area contributed by atoms with Gasteiger partial charge >= 0.3 is 5.97 Å². The summed E-state index contributed by atoms with van der Waals surface area (Å²) in [6.45, 7) is 3.13. The lowest BCUT2D eigenvalue weighted by Gasteiger charge is -2.33. The highest BCUT2D eigenvalue weighted by Gasteiger charge is 2.30. The second kappa shape index (κ2) is 12.0. The highest BCUT2D eigenvalue weighted by atomic mass is 32.2. The molecule has 2 heterocycles. The summed E-state index contributed by atoms with van der Waals surface area (Å²) in [5, 5.41) is 9.74. The highest BCUT2D eigenvalue weighted by Crippen LogP contribution is 2.27. The van der Waals surface area contributed by atoms with Crippen LogP contribution in [0.1, 0.15) is 46.9 Å². The van der Waals surface area contributed by atoms with Gasteiger partial charge in [0.15, 0.2) is 0 Å². The number of nitrogens with one attached hydrogen (secondary N) is 1. The predicted octanol–water partition coefficient (Wildman–Crippen LogP) is 2.05. The topological polar surface area (TPSA) is 133 Å². The molecule has 1 N–H and O–H groups in total. The summed E-state index contributed by atoms with van der Waals surface area (Å²) in [7, 11) is -0.108. The lowest BCUT2D eigenvalue weighted by Crippen LogP contribution is -2.43. The minimum absolute atomic E-state index is 0.209. The van der Waals surface area contributed by atoms with Crippen molar-refractivity contribution in [1.82, 2.24) is 14.6 Å². The Hall–Kier alpha value is -3.49. The molecular formula is C25H31N5O5S. The molecule has 0 aliphatic carbocycles. The maximum atomic E-state index is 12.7. The molecule has 0 spiro atoms. The van der Waals surface area contributed by atoms with Crippen LogP contribution in [0.25, 0.3) is 0 Å². The van der Waals surface area contributed by atoms with Crippen LogP contribution in [0.5, 0.6) is 0 Å². The van der Waals surface area contributed by atoms with E-state index in [1.54, 1.807) is 37.3 Å². The van der Waals surface area contributed by atoms with Gasteiger partial charge in [-0.25, -0.2) is 18.2 Å². The van der Waals surface area contributed by atoms with Crippen molar-refractivity contribution in [3.05, 3.63) is 58.8 Å². The van der Waals surface area contributed by atoms with E-state index in [4.69, 9.17) is 4.74 Å². The summed E-state index contributed by atoms with van der Waals surface area (Å²) in [5.41, 5.74) is 1.60. The molecule has 1 aromatic carbocycles. The molecule has 10 nitrogen and oxygen atoms in total. The molecule has 0 bridgehead atoms. The number of benzene rings is 1. The number of nitriles is 1. The van der Waals surface area contributed by atoms with Gasteiger partial charge in [0.25, 0.3) is 0 Å². The van der Waals surface area contributed by atoms with Gasteiger partial charge in [0.1, 0.15) is 11.9 Å². The zero-order chi connectivity index (χ0) is 26.3. The Morgan fingerprint density at radius 2 is 1.89 bits per heavy atom. The van der Waals surface area contributed by atoms with E-state index in [-0.39, 0.29) is 23.5 Å². The monoisotopic (exact) mass is 513 g/mol. The number of pyridine rings is 1. The number of sulfonamides is 1. The number of hydrogen-bond acceptors (Lipinski definition) is 9. The third kappa shape index (κ3) is 7.02. The van der Waals surface area contributed by atoms with Crippen molar-refractivity contribution in [2.45, 2.75) is 32.1 Å². The third-order valence-corrected chi connectivity index (χ3v) is 7.01. The fourth-order valence-electron chi connectivity index (χ4n) is 4.09. The zero-order valence-electron chi connectivity index (χ0n) is 20.7. The molecule has 0 atom stereocenters. The van der Waals surface area contributed by atoms with Crippen LogP contribution in [0.4, 0.5) is 5.82 Å². The smallest absolute Gasteiger partial charge is 0.340 e. The van der Waals surface area contributed by atoms with Crippen LogP contribution in [-0.4, -0.2) is 64.0 Å². The summed E-state index contributed by atoms with van der Waals surface area (Å²) in [5.74, 6) is -1.35. The van der Waals surface area contributed by atoms with Crippen LogP contribution >= 0.6 is 0 Å². The first-order valence-corrected chi connectivity index (χ1v) is 13.4. The first-order valence-electron chi connectivity index (χ1n) is 11.7. The molecule has 192 valence electrons. The van der Waals surface area contributed by atoms with E-state index < -0.39 is 27.8 Å². The molecule has 1 aliphatic heterocycles. The van der Waals surface area contributed by atoms with Gasteiger partial charge in [-0.2, -0.15) is 5.26 Å². The lowest BCUT2D eigenvalue weighted by molar-refractivity contribution is -0.123. The summed E-state index contributed by atoms with van der Waals surface area (Å²) in [6.07, 6.45) is 0.809. The van der Waals surface area contributed by atoms with Gasteiger partial charge in [-0.1, -0.05) is 30.3 Å². The van der Waals surface area contributed by atoms with Crippen LogP contribution in [0.15, 0.2) is 36.4 Å². The Labute approximate surface area is 211 Å². The fourth-order valence-corrected chi connectivity index (χ4v) is 5.27. The standard InChI is InChI=1S/C25H31N5O5S/c1-4-35-25(32)21-14-20(15-26)23(27-22(21)16-29(2)3)30-12-10-19(11-13-30)24(31)28-36(33,34)17-18-8-6-5-7-9-18/h5-9,14,19H,4,10-13,16-17H2,1-3H3,(H,28,31). The number of piperidine rings is 1. The summed E-state index contributed by atoms with van der Waals surface area (Å²) in [4.78, 5) is 33.6. The molecule has 3 rings (SSSR count). The van der Waals surface area contributed by atoms with E-state index in [2.05, 4.69) is 15.8 Å². The first-order chi connectivity index (χ1) is 17.1. The number of esters is 1. The van der Waals surface area contributed by atoms with Gasteiger partial charge in [-0.05, 0) is 45.5 Å². The van der Waals surface area contributed by atoms with Crippen LogP contribution in [0, 0.1) is 17.2 Å². The van der Waals surface area contributed by atoms with Gasteiger partial charge < -0.3 is 14.5 Å². The Morgan fingerprint density at radius 1 is 1.22 bits per heavy atom. The quantitative estimate of drug-likeness (QED) is 0.500. The maximum absolute atomic E-state index is 12.7. The normalized spacial score (nSPS) is 14.4. The van der Waals surface area contributed by atoms with Crippen molar-refractivity contribution in [1.29, 1.82) is 5.26 Å². The van der Waals surface area contributed by atoms with Crippen molar-refractivity contribution >= 4 is 27.7 Å². The average Bonchev–Trinajstić information content (AvgIpc) is 2.83. The number of anilines is 1. The lowest BCUT2D eigenvalue weighted by atomic mass is 9.96. The molecule has 0 saturated carbocycles. The molecule has 1 aliphatic rings. The molecule has 11 heteroatoms. The summed E-state index contributed by atoms with van der Waals surface area (Å²) in [6, 6.07) is 12.3. The van der Waals surface area contributed by atoms with Crippen molar-refractivity contribution in [2.75, 3.05) is 38.7 Å². The second-order valence-corrected chi connectivity index (χ2v) is 10.6. The van der Waals surface area contributed by atoms with Crippen LogP contribution < -0.4 is 9.62 Å². The number of hydrogen-bond donors (Lipinski definition) is 1. The van der Waals surface area contributed by atoms with Crippen LogP contribution in [0.3, 0.4) is 0 Å². The van der Waals surface area contributed by atoms with Crippen molar-refractivity contribution in [3.63, 3.8) is 0 Å². The molecule has 0 radical (unpaired) electrons. The number of aromatic nitrogens is 1. The SMILES string of the molecule is CCOC(=O)c1cc(C#N)c(N2CCC(C(=O)NS(=O)(=O)Cc3ccccc3)CC2)nc1CN(C)C. The Balaban J connectivity index is 1.72. The molecule has 1 amide bonds. The molecule has 1 saturated heterocycles. The van der Waals surface area contributed by atoms with Gasteiger partial charge in [0, 0.05) is 25.6 Å². The minimum Gasteiger partial charge on any atom is -0.462 e. The highest BCUT2D eigenvalue weighted by molar-refractivity contribution is 7.89. The average molecular weight is 514 g/mol. The van der Waals surface area contributed by atoms with E-state index in [1.807, 2.05) is 23.9 Å². The second-order valence-electron chi connectivity index (χ2n) is 8.90. The van der Waals surface area contributed by atoms with E-state index >= 15 is 0 Å². The first kappa shape index (κ1) is 27.1. The molecule has 2 aromatic rings. The fraction of sp³-hybridized carbons (Fsp3) is 0.440. The van der Waals surface area contributed by atoms with Crippen molar-refractivity contribution < 1.29 is 22.7 Å². The molecule has 0 unspecified atom stereocenters. The van der Waals surface area contributed by atoms with E-state index in [0.717, 1.165) is 0 Å². The molecule has 1 aromatic heterocycles. The number of carbonyl (C=O) groups excluding carboxylic acids is 2. The number of nitrogens with zero attached hydrogens (tertiary/aromatic N) is 4. The Kier molecular flexibility index (Phi) is 9.01. The number of carbonyl (C=O) groups is 2. The third-order valence-electron chi connectivity index (χ3n) is 5.78. The van der Waals surface area contributed by atoms with Gasteiger partial charge in [-0.3, -0.25) is 9.52 Å². The van der Waals surface area contributed by atoms with E-state index in [9.17, 15) is 23.3 Å². The largest absolute Gasteiger partial charge is 0.462 e. The van der Waals surface area contributed by atoms with E-state index in [0.29, 0.717) is 49.6 Å². The molecule has 36 heavy (non-hydrogen) atoms. The Bertz CT molecular complexity index is 1230. The minimum atomic E-state index is -3.81. The van der Waals surface area contributed by atoms with Gasteiger partial charge in [0.05, 0.1) is 29.2 Å². The van der Waals surface area contributed by atoms with Crippen molar-refractivity contribution in [2.24, 2.45) is 5.92 Å². The molecular weight excluding hydrogens is 482 g/mol. The van der Waals surface area contributed by atoms with Crippen LogP contribution in [-0.2, 0) is 31.9 Å². The van der Waals surface area contributed by atoms with Crippen LogP contribution in [0.2, 0.25) is 0 Å². The summed E-state index contributed by atoms with van der Waals surface area (Å²) >= 11 is 0. The van der Waals surface area contributed by atoms with Gasteiger partial charge in [-0.15, -0.1) is 0 Å². The predicted molar refractivity (Wildman–Crippen MR) is 134 cm³/mol. The van der Waals surface area contributed by atoms with Crippen molar-refractivity contribution in [3.8, 4) is 6.07 Å². The number of rotatable bonds is 9. The molecule has 1 fully saturated rings. The van der Waals surface area contributed by atoms with E-state index in [1.165, 1.54) is 6.07 Å². The summed E-state index contributed by atoms with van der Waals surface area (Å²) < 4.78 is 32.2.